The fraction of sp³-hybridized carbons (Fsp3) is 0.444. The summed E-state index contributed by atoms with van der Waals surface area (Å²) in [5.41, 5.74) is -0.679. The van der Waals surface area contributed by atoms with Crippen LogP contribution in [0.15, 0.2) is 65.7 Å². The van der Waals surface area contributed by atoms with Gasteiger partial charge in [-0.3, -0.25) is 20.2 Å². The van der Waals surface area contributed by atoms with E-state index in [4.69, 9.17) is 40.1 Å². The molecule has 0 spiro atoms. The van der Waals surface area contributed by atoms with E-state index in [1.807, 2.05) is 20.8 Å². The molecule has 3 amide bonds. The molecule has 0 fully saturated rings. The number of halogens is 2. The van der Waals surface area contributed by atoms with E-state index >= 15 is 0 Å². The third kappa shape index (κ3) is 19.5. The van der Waals surface area contributed by atoms with Gasteiger partial charge in [-0.15, -0.1) is 0 Å². The second-order valence-corrected chi connectivity index (χ2v) is 18.3. The number of benzene rings is 3. The highest BCUT2D eigenvalue weighted by Crippen LogP contribution is 2.28. The van der Waals surface area contributed by atoms with Gasteiger partial charge in [0, 0.05) is 18.0 Å². The Kier molecular flexibility index (Phi) is 18.6. The molecule has 0 saturated heterocycles. The largest absolute Gasteiger partial charge is 0.459 e. The van der Waals surface area contributed by atoms with E-state index in [-0.39, 0.29) is 71.8 Å². The van der Waals surface area contributed by atoms with Crippen LogP contribution in [0.5, 0.6) is 5.75 Å². The molecule has 0 aliphatic carbocycles. The van der Waals surface area contributed by atoms with Crippen molar-refractivity contribution in [2.24, 2.45) is 4.99 Å². The van der Waals surface area contributed by atoms with Crippen molar-refractivity contribution in [1.29, 1.82) is 0 Å². The fourth-order valence-corrected chi connectivity index (χ4v) is 5.54. The Morgan fingerprint density at radius 1 is 0.742 bits per heavy atom. The van der Waals surface area contributed by atoms with E-state index in [1.54, 1.807) is 86.6 Å². The van der Waals surface area contributed by atoms with Crippen LogP contribution >= 0.6 is 11.6 Å². The Hall–Kier alpha value is -6.12. The monoisotopic (exact) mass is 882 g/mol. The Balaban J connectivity index is 0.00000428. The lowest BCUT2D eigenvalue weighted by molar-refractivity contribution is -0.191. The first-order valence-corrected chi connectivity index (χ1v) is 19.8. The summed E-state index contributed by atoms with van der Waals surface area (Å²) >= 11 is 6.58. The zero-order valence-corrected chi connectivity index (χ0v) is 38.0. The van der Waals surface area contributed by atoms with Crippen LogP contribution in [0.25, 0.3) is 0 Å². The van der Waals surface area contributed by atoms with Gasteiger partial charge in [-0.2, -0.15) is 9.59 Å². The van der Waals surface area contributed by atoms with Crippen LogP contribution in [0.1, 0.15) is 117 Å². The van der Waals surface area contributed by atoms with E-state index in [2.05, 4.69) is 15.6 Å². The predicted molar refractivity (Wildman–Crippen MR) is 228 cm³/mol. The minimum Gasteiger partial charge on any atom is -0.459 e. The summed E-state index contributed by atoms with van der Waals surface area (Å²) in [4.78, 5) is 86.3. The number of carbonyl (C=O) groups excluding carboxylic acids is 7. The number of amides is 3. The van der Waals surface area contributed by atoms with Crippen molar-refractivity contribution >= 4 is 59.4 Å². The number of alkyl carbamates (subject to hydrolysis) is 2. The molecule has 0 unspecified atom stereocenters. The zero-order valence-electron chi connectivity index (χ0n) is 37.2. The molecule has 0 bridgehead atoms. The molecule has 0 atom stereocenters. The second-order valence-electron chi connectivity index (χ2n) is 17.9. The molecule has 0 heterocycles. The van der Waals surface area contributed by atoms with Gasteiger partial charge < -0.3 is 23.8 Å². The summed E-state index contributed by atoms with van der Waals surface area (Å²) in [5.74, 6) is -2.09. The molecule has 3 aromatic carbocycles. The van der Waals surface area contributed by atoms with Crippen molar-refractivity contribution in [3.05, 3.63) is 93.8 Å². The van der Waals surface area contributed by atoms with Crippen LogP contribution in [0.3, 0.4) is 0 Å². The van der Waals surface area contributed by atoms with Gasteiger partial charge >= 0.3 is 30.3 Å². The van der Waals surface area contributed by atoms with E-state index in [9.17, 15) is 28.4 Å². The summed E-state index contributed by atoms with van der Waals surface area (Å²) in [6.07, 6.45) is -1.27. The van der Waals surface area contributed by atoms with Gasteiger partial charge in [-0.25, -0.2) is 23.8 Å². The molecule has 0 radical (unpaired) electrons. The van der Waals surface area contributed by atoms with Crippen molar-refractivity contribution < 1.29 is 56.9 Å². The molecule has 62 heavy (non-hydrogen) atoms. The number of guanidine groups is 1. The van der Waals surface area contributed by atoms with Gasteiger partial charge in [-0.05, 0) is 133 Å². The maximum atomic E-state index is 14.6. The normalized spacial score (nSPS) is 11.4. The van der Waals surface area contributed by atoms with Crippen molar-refractivity contribution in [3.63, 3.8) is 0 Å². The first kappa shape index (κ1) is 52.0. The Labute approximate surface area is 366 Å². The Morgan fingerprint density at radius 3 is 1.76 bits per heavy atom. The number of rotatable bonds is 10. The second kappa shape index (κ2) is 22.1. The van der Waals surface area contributed by atoms with Crippen molar-refractivity contribution in [2.75, 3.05) is 6.54 Å². The molecule has 0 aliphatic rings. The number of nitrogens with one attached hydrogen (secondary N) is 2. The number of hydrogen-bond donors (Lipinski definition) is 2. The summed E-state index contributed by atoms with van der Waals surface area (Å²) in [6, 6.07) is 15.1. The van der Waals surface area contributed by atoms with Crippen LogP contribution in [0.4, 0.5) is 19.7 Å². The van der Waals surface area contributed by atoms with E-state index in [1.165, 1.54) is 41.3 Å². The number of aliphatic imine (C=N–C) groups is 1. The third-order valence-corrected chi connectivity index (χ3v) is 8.08. The van der Waals surface area contributed by atoms with Crippen LogP contribution in [0.2, 0.25) is 5.02 Å². The lowest BCUT2D eigenvalue weighted by atomic mass is 9.85. The van der Waals surface area contributed by atoms with Gasteiger partial charge in [0.25, 0.3) is 0 Å². The molecule has 0 saturated carbocycles. The van der Waals surface area contributed by atoms with Crippen LogP contribution in [-0.2, 0) is 51.8 Å². The number of esters is 2. The smallest absolute Gasteiger partial charge is 0.414 e. The van der Waals surface area contributed by atoms with Gasteiger partial charge in [0.2, 0.25) is 11.9 Å². The first-order valence-electron chi connectivity index (χ1n) is 19.5. The molecular weight excluding hydrogens is 827 g/mol. The van der Waals surface area contributed by atoms with E-state index < -0.39 is 46.3 Å². The van der Waals surface area contributed by atoms with Gasteiger partial charge in [-0.1, -0.05) is 50.6 Å². The summed E-state index contributed by atoms with van der Waals surface area (Å²) in [5, 5.41) is 5.04. The highest BCUT2D eigenvalue weighted by molar-refractivity contribution is 6.31. The van der Waals surface area contributed by atoms with Gasteiger partial charge in [0.1, 0.15) is 34.9 Å². The predicted octanol–water partition coefficient (Wildman–Crippen LogP) is 8.75. The molecule has 0 aromatic heterocycles. The van der Waals surface area contributed by atoms with Crippen molar-refractivity contribution in [3.8, 4) is 5.75 Å². The number of hydrogen-bond acceptors (Lipinski definition) is 12. The zero-order chi connectivity index (χ0) is 47.2. The molecule has 0 aliphatic heterocycles. The van der Waals surface area contributed by atoms with Crippen LogP contribution in [-0.4, -0.2) is 70.4 Å². The molecule has 15 nitrogen and oxygen atoms in total. The number of nitrogens with zero attached hydrogens (tertiary/aromatic N) is 2. The lowest BCUT2D eigenvalue weighted by Gasteiger charge is -2.26. The quantitative estimate of drug-likeness (QED) is 0.0650. The first-order chi connectivity index (χ1) is 28.5. The number of ether oxygens (including phenoxy) is 4. The molecule has 336 valence electrons. The van der Waals surface area contributed by atoms with Crippen LogP contribution in [0, 0.1) is 5.82 Å². The Bertz CT molecular complexity index is 2110. The van der Waals surface area contributed by atoms with E-state index in [0.717, 1.165) is 0 Å². The molecular formula is C45H56ClFN4O11. The highest BCUT2D eigenvalue weighted by Gasteiger charge is 2.25. The summed E-state index contributed by atoms with van der Waals surface area (Å²) < 4.78 is 36.2. The maximum Gasteiger partial charge on any atom is 0.414 e. The summed E-state index contributed by atoms with van der Waals surface area (Å²) in [6.45, 7) is 20.7. The van der Waals surface area contributed by atoms with Gasteiger partial charge in [0.05, 0.1) is 11.3 Å². The number of aryl methyl sites for hydroxylation is 1. The molecule has 3 aromatic rings. The van der Waals surface area contributed by atoms with E-state index in [0.29, 0.717) is 16.7 Å². The Morgan fingerprint density at radius 2 is 1.27 bits per heavy atom. The molecule has 2 N–H and O–H groups in total. The van der Waals surface area contributed by atoms with Crippen LogP contribution < -0.4 is 15.4 Å². The summed E-state index contributed by atoms with van der Waals surface area (Å²) in [7, 11) is 0. The minimum absolute atomic E-state index is 0.00783. The van der Waals surface area contributed by atoms with Crippen molar-refractivity contribution in [1.82, 2.24) is 15.5 Å². The fourth-order valence-electron chi connectivity index (χ4n) is 5.28. The molecule has 3 rings (SSSR count). The average Bonchev–Trinajstić information content (AvgIpc) is 3.09. The van der Waals surface area contributed by atoms with Gasteiger partial charge in [0.15, 0.2) is 0 Å². The average molecular weight is 883 g/mol. The third-order valence-electron chi connectivity index (χ3n) is 7.73. The standard InChI is InChI=1S/C44H56ClFN4O9.CO2/c1-41(2,3)32-23-27(13-21-34(32)46)25-50(26-36(52)57-42(4,5)6)35(51)22-17-28-16-20-31(24-33(28)45)56-37(53)29-14-18-30(19-15-29)47-38(48-39(54)58-43(7,8)9)49-40(55)59-44(10,11)12;2-1-3/h13-16,18-21,23-24H,17,22,25-26H2,1-12H3,(H2,47,48,49,54,55);. The minimum atomic E-state index is -0.861. The lowest BCUT2D eigenvalue weighted by Crippen LogP contribution is -2.47. The number of carbonyl (C=O) groups is 5. The maximum absolute atomic E-state index is 14.6. The molecule has 17 heteroatoms. The SMILES string of the molecule is CC(C)(C)OC(=O)CN(Cc1ccc(F)c(C(C)(C)C)c1)C(=O)CCc1ccc(OC(=O)c2ccc(N=C(NC(=O)OC(C)(C)C)NC(=O)OC(C)(C)C)cc2)cc1Cl.O=C=O. The highest BCUT2D eigenvalue weighted by atomic mass is 35.5. The van der Waals surface area contributed by atoms with Crippen molar-refractivity contribution in [2.45, 2.75) is 125 Å². The topological polar surface area (TPSA) is 196 Å².